The van der Waals surface area contributed by atoms with Crippen LogP contribution in [0, 0.1) is 11.6 Å². The molecule has 5 heteroatoms. The van der Waals surface area contributed by atoms with Crippen LogP contribution in [-0.2, 0) is 7.05 Å². The van der Waals surface area contributed by atoms with Crippen LogP contribution in [0.3, 0.4) is 0 Å². The first-order valence-electron chi connectivity index (χ1n) is 4.56. The van der Waals surface area contributed by atoms with Crippen molar-refractivity contribution in [3.8, 4) is 0 Å². The smallest absolute Gasteiger partial charge is 0.218 e. The highest BCUT2D eigenvalue weighted by Crippen LogP contribution is 2.15. The van der Waals surface area contributed by atoms with Gasteiger partial charge in [0.15, 0.2) is 0 Å². The third-order valence-corrected chi connectivity index (χ3v) is 2.13. The Morgan fingerprint density at radius 3 is 2.44 bits per heavy atom. The van der Waals surface area contributed by atoms with Gasteiger partial charge in [0.1, 0.15) is 17.3 Å². The fourth-order valence-electron chi connectivity index (χ4n) is 1.37. The molecule has 0 unspecified atom stereocenters. The van der Waals surface area contributed by atoms with Crippen molar-refractivity contribution in [3.05, 3.63) is 53.6 Å². The quantitative estimate of drug-likeness (QED) is 0.728. The summed E-state index contributed by atoms with van der Waals surface area (Å²) in [5.74, 6) is -2.51. The Balaban J connectivity index is 2.49. The number of hydrogen-bond acceptors (Lipinski definition) is 2. The number of carbonyl (C=O) groups is 1. The summed E-state index contributed by atoms with van der Waals surface area (Å²) in [5, 5.41) is 0. The van der Waals surface area contributed by atoms with Crippen LogP contribution in [0.1, 0.15) is 16.1 Å². The number of rotatable bonds is 2. The highest BCUT2D eigenvalue weighted by Gasteiger charge is 2.20. The van der Waals surface area contributed by atoms with Crippen molar-refractivity contribution >= 4 is 5.78 Å². The van der Waals surface area contributed by atoms with E-state index in [4.69, 9.17) is 0 Å². The Bertz CT molecular complexity index is 528. The molecule has 0 atom stereocenters. The highest BCUT2D eigenvalue weighted by atomic mass is 19.1. The lowest BCUT2D eigenvalue weighted by molar-refractivity contribution is 0.102. The monoisotopic (exact) mass is 222 g/mol. The molecule has 1 aromatic heterocycles. The molecule has 0 aliphatic rings. The molecular weight excluding hydrogens is 214 g/mol. The summed E-state index contributed by atoms with van der Waals surface area (Å²) < 4.78 is 28.1. The van der Waals surface area contributed by atoms with Crippen LogP contribution in [0.4, 0.5) is 8.78 Å². The Hall–Kier alpha value is -2.04. The first kappa shape index (κ1) is 10.5. The molecule has 0 fully saturated rings. The van der Waals surface area contributed by atoms with Crippen molar-refractivity contribution < 1.29 is 13.6 Å². The number of imidazole rings is 1. The average Bonchev–Trinajstić information content (AvgIpc) is 2.64. The minimum atomic E-state index is -0.879. The van der Waals surface area contributed by atoms with E-state index >= 15 is 0 Å². The van der Waals surface area contributed by atoms with E-state index in [0.717, 1.165) is 12.1 Å². The van der Waals surface area contributed by atoms with Gasteiger partial charge in [-0.25, -0.2) is 13.8 Å². The van der Waals surface area contributed by atoms with E-state index in [1.807, 2.05) is 0 Å². The van der Waals surface area contributed by atoms with E-state index in [2.05, 4.69) is 4.98 Å². The zero-order valence-corrected chi connectivity index (χ0v) is 8.45. The molecule has 0 bridgehead atoms. The SMILES string of the molecule is Cn1cnc(C(=O)c2c(F)cccc2F)c1. The minimum Gasteiger partial charge on any atom is -0.340 e. The second-order valence-corrected chi connectivity index (χ2v) is 3.35. The number of aryl methyl sites for hydroxylation is 1. The van der Waals surface area contributed by atoms with Crippen molar-refractivity contribution in [2.24, 2.45) is 7.05 Å². The molecule has 3 nitrogen and oxygen atoms in total. The molecule has 0 saturated heterocycles. The van der Waals surface area contributed by atoms with Crippen LogP contribution in [0.25, 0.3) is 0 Å². The van der Waals surface area contributed by atoms with Gasteiger partial charge in [-0.2, -0.15) is 0 Å². The van der Waals surface area contributed by atoms with E-state index in [-0.39, 0.29) is 5.69 Å². The lowest BCUT2D eigenvalue weighted by atomic mass is 10.1. The number of hydrogen-bond donors (Lipinski definition) is 0. The normalized spacial score (nSPS) is 10.4. The molecule has 1 aromatic carbocycles. The molecule has 2 rings (SSSR count). The van der Waals surface area contributed by atoms with E-state index in [9.17, 15) is 13.6 Å². The summed E-state index contributed by atoms with van der Waals surface area (Å²) >= 11 is 0. The summed E-state index contributed by atoms with van der Waals surface area (Å²) in [6, 6.07) is 3.29. The lowest BCUT2D eigenvalue weighted by Gasteiger charge is -2.00. The zero-order valence-electron chi connectivity index (χ0n) is 8.45. The van der Waals surface area contributed by atoms with Crippen LogP contribution in [0.15, 0.2) is 30.7 Å². The average molecular weight is 222 g/mol. The lowest BCUT2D eigenvalue weighted by Crippen LogP contribution is -2.07. The molecule has 0 amide bonds. The maximum absolute atomic E-state index is 13.3. The van der Waals surface area contributed by atoms with E-state index < -0.39 is 23.0 Å². The van der Waals surface area contributed by atoms with E-state index in [1.165, 1.54) is 23.2 Å². The number of aromatic nitrogens is 2. The molecule has 0 radical (unpaired) electrons. The Kier molecular flexibility index (Phi) is 2.52. The largest absolute Gasteiger partial charge is 0.340 e. The Morgan fingerprint density at radius 1 is 1.31 bits per heavy atom. The molecular formula is C11H8F2N2O. The Labute approximate surface area is 90.3 Å². The van der Waals surface area contributed by atoms with Gasteiger partial charge in [0.25, 0.3) is 0 Å². The van der Waals surface area contributed by atoms with Gasteiger partial charge >= 0.3 is 0 Å². The van der Waals surface area contributed by atoms with Crippen molar-refractivity contribution in [3.63, 3.8) is 0 Å². The first-order chi connectivity index (χ1) is 7.59. The number of benzene rings is 1. The van der Waals surface area contributed by atoms with Gasteiger partial charge in [-0.15, -0.1) is 0 Å². The highest BCUT2D eigenvalue weighted by molar-refractivity contribution is 6.07. The van der Waals surface area contributed by atoms with Crippen LogP contribution in [-0.4, -0.2) is 15.3 Å². The van der Waals surface area contributed by atoms with Gasteiger partial charge in [0, 0.05) is 13.2 Å². The van der Waals surface area contributed by atoms with Crippen LogP contribution < -0.4 is 0 Å². The van der Waals surface area contributed by atoms with Crippen LogP contribution in [0.2, 0.25) is 0 Å². The molecule has 0 N–H and O–H groups in total. The molecule has 1 heterocycles. The fourth-order valence-corrected chi connectivity index (χ4v) is 1.37. The topological polar surface area (TPSA) is 34.9 Å². The van der Waals surface area contributed by atoms with Gasteiger partial charge in [-0.05, 0) is 12.1 Å². The van der Waals surface area contributed by atoms with Gasteiger partial charge in [0.05, 0.1) is 11.9 Å². The Morgan fingerprint density at radius 2 is 1.94 bits per heavy atom. The molecule has 0 spiro atoms. The second-order valence-electron chi connectivity index (χ2n) is 3.35. The summed E-state index contributed by atoms with van der Waals surface area (Å²) in [4.78, 5) is 15.5. The molecule has 16 heavy (non-hydrogen) atoms. The predicted octanol–water partition coefficient (Wildman–Crippen LogP) is 1.93. The standard InChI is InChI=1S/C11H8F2N2O/c1-15-5-9(14-6-15)11(16)10-7(12)3-2-4-8(10)13/h2-6H,1H3. The predicted molar refractivity (Wildman–Crippen MR) is 53.0 cm³/mol. The summed E-state index contributed by atoms with van der Waals surface area (Å²) in [5.41, 5.74) is -0.548. The van der Waals surface area contributed by atoms with E-state index in [0.29, 0.717) is 0 Å². The zero-order chi connectivity index (χ0) is 11.7. The number of carbonyl (C=O) groups excluding carboxylic acids is 1. The van der Waals surface area contributed by atoms with Crippen LogP contribution >= 0.6 is 0 Å². The molecule has 2 aromatic rings. The maximum atomic E-state index is 13.3. The molecule has 0 aliphatic heterocycles. The second kappa shape index (κ2) is 3.84. The van der Waals surface area contributed by atoms with Crippen LogP contribution in [0.5, 0.6) is 0 Å². The minimum absolute atomic E-state index is 0.0199. The summed E-state index contributed by atoms with van der Waals surface area (Å²) in [6.07, 6.45) is 2.81. The van der Waals surface area contributed by atoms with Gasteiger partial charge in [-0.1, -0.05) is 6.07 Å². The summed E-state index contributed by atoms with van der Waals surface area (Å²) in [7, 11) is 1.67. The van der Waals surface area contributed by atoms with Gasteiger partial charge in [0.2, 0.25) is 5.78 Å². The van der Waals surface area contributed by atoms with Gasteiger partial charge < -0.3 is 4.57 Å². The fraction of sp³-hybridized carbons (Fsp3) is 0.0909. The summed E-state index contributed by atoms with van der Waals surface area (Å²) in [6.45, 7) is 0. The van der Waals surface area contributed by atoms with Crippen molar-refractivity contribution in [2.75, 3.05) is 0 Å². The van der Waals surface area contributed by atoms with Crippen molar-refractivity contribution in [1.29, 1.82) is 0 Å². The number of nitrogens with zero attached hydrogens (tertiary/aromatic N) is 2. The van der Waals surface area contributed by atoms with E-state index in [1.54, 1.807) is 7.05 Å². The first-order valence-corrected chi connectivity index (χ1v) is 4.56. The number of ketones is 1. The maximum Gasteiger partial charge on any atom is 0.218 e. The third-order valence-electron chi connectivity index (χ3n) is 2.13. The molecule has 0 saturated carbocycles. The number of halogens is 2. The third kappa shape index (κ3) is 1.71. The van der Waals surface area contributed by atoms with Crippen molar-refractivity contribution in [2.45, 2.75) is 0 Å². The van der Waals surface area contributed by atoms with Crippen molar-refractivity contribution in [1.82, 2.24) is 9.55 Å². The van der Waals surface area contributed by atoms with Gasteiger partial charge in [-0.3, -0.25) is 4.79 Å². The molecule has 82 valence electrons. The molecule has 0 aliphatic carbocycles.